The summed E-state index contributed by atoms with van der Waals surface area (Å²) >= 11 is 3.75. The van der Waals surface area contributed by atoms with Crippen LogP contribution in [0.15, 0.2) is 41.2 Å². The van der Waals surface area contributed by atoms with E-state index in [9.17, 15) is 27.2 Å². The minimum Gasteiger partial charge on any atom is -0.367 e. The number of halogens is 4. The first-order chi connectivity index (χ1) is 39.5. The number of unbranched alkanes of at least 4 members (excludes halogenated alkanes) is 2. The summed E-state index contributed by atoms with van der Waals surface area (Å²) in [5, 5.41) is 14.0. The van der Waals surface area contributed by atoms with E-state index in [1.807, 2.05) is 78.3 Å². The summed E-state index contributed by atoms with van der Waals surface area (Å²) in [5.74, 6) is -2.80. The van der Waals surface area contributed by atoms with Gasteiger partial charge in [-0.3, -0.25) is 23.7 Å². The maximum absolute atomic E-state index is 14.8. The molecular formula is C67H97F4N7O4S2. The average molecular weight is 1200 g/mol. The lowest BCUT2D eigenvalue weighted by Gasteiger charge is -2.47. The quantitative estimate of drug-likeness (QED) is 0.0548. The first-order valence-electron chi connectivity index (χ1n) is 30.9. The van der Waals surface area contributed by atoms with Crippen LogP contribution in [-0.4, -0.2) is 81.7 Å². The molecule has 9 rings (SSSR count). The number of Topliss-reactive ketones (excluding diaryl/α,β-unsaturated/α-hetero) is 1. The number of hydrogen-bond donors (Lipinski definition) is 1. The predicted molar refractivity (Wildman–Crippen MR) is 338 cm³/mol. The lowest BCUT2D eigenvalue weighted by atomic mass is 9.84. The maximum atomic E-state index is 14.8. The zero-order valence-corrected chi connectivity index (χ0v) is 54.9. The van der Waals surface area contributed by atoms with Gasteiger partial charge in [0.25, 0.3) is 5.56 Å². The van der Waals surface area contributed by atoms with Crippen molar-refractivity contribution in [2.45, 2.75) is 242 Å². The number of aromatic nitrogens is 5. The van der Waals surface area contributed by atoms with Crippen molar-refractivity contribution in [1.29, 1.82) is 5.41 Å². The van der Waals surface area contributed by atoms with E-state index in [0.29, 0.717) is 64.7 Å². The van der Waals surface area contributed by atoms with Crippen molar-refractivity contribution < 1.29 is 31.3 Å². The van der Waals surface area contributed by atoms with Crippen LogP contribution in [-0.2, 0) is 63.2 Å². The molecule has 464 valence electrons. The van der Waals surface area contributed by atoms with Gasteiger partial charge in [0.2, 0.25) is 5.92 Å². The largest absolute Gasteiger partial charge is 0.367 e. The van der Waals surface area contributed by atoms with Crippen LogP contribution < -0.4 is 5.56 Å². The Bertz CT molecular complexity index is 3110. The van der Waals surface area contributed by atoms with Crippen LogP contribution in [0.4, 0.5) is 17.6 Å². The highest BCUT2D eigenvalue weighted by molar-refractivity contribution is 8.11. The molecule has 5 aromatic rings. The third-order valence-electron chi connectivity index (χ3n) is 16.3. The fourth-order valence-corrected chi connectivity index (χ4v) is 12.6. The van der Waals surface area contributed by atoms with Crippen molar-refractivity contribution in [3.8, 4) is 5.69 Å². The molecule has 0 radical (unpaired) electrons. The first kappa shape index (κ1) is 69.9. The van der Waals surface area contributed by atoms with Gasteiger partial charge in [-0.15, -0.1) is 0 Å². The molecule has 84 heavy (non-hydrogen) atoms. The second-order valence-electron chi connectivity index (χ2n) is 25.8. The molecule has 0 amide bonds. The number of benzene rings is 2. The van der Waals surface area contributed by atoms with Crippen LogP contribution >= 0.6 is 0 Å². The van der Waals surface area contributed by atoms with Gasteiger partial charge in [-0.25, -0.2) is 27.5 Å². The molecule has 1 N–H and O–H groups in total. The highest BCUT2D eigenvalue weighted by Gasteiger charge is 2.39. The lowest BCUT2D eigenvalue weighted by molar-refractivity contribution is -0.180. The molecule has 17 heteroatoms. The molecule has 1 saturated heterocycles. The van der Waals surface area contributed by atoms with Crippen molar-refractivity contribution >= 4 is 43.9 Å². The van der Waals surface area contributed by atoms with E-state index in [2.05, 4.69) is 69.7 Å². The summed E-state index contributed by atoms with van der Waals surface area (Å²) in [7, 11) is 0.0833. The SMILES string of the molecule is CC.CC(=O)Cn1nc(C2CC2)c2c1CC(C)C2.CCCCCN1CC(C)(C)OC(C)(C)C1.CCCc1ccc(-n2c(C(Cc3cc(F)cc(F)c3)C(C)C)nc3nc(C4CCC(F)(F)CC4)cc(C)c3c2=O)c(C)c1C(=N)C(C)C.O=S=S. The molecule has 2 unspecified atom stereocenters. The molecule has 4 aliphatic rings. The smallest absolute Gasteiger partial charge is 0.267 e. The number of nitrogens with zero attached hydrogens (tertiary/aromatic N) is 6. The molecule has 3 fully saturated rings. The summed E-state index contributed by atoms with van der Waals surface area (Å²) in [6, 6.07) is 9.16. The topological polar surface area (TPSA) is 136 Å². The molecule has 0 bridgehead atoms. The summed E-state index contributed by atoms with van der Waals surface area (Å²) in [6.45, 7) is 36.6. The molecule has 0 spiro atoms. The Kier molecular flexibility index (Phi) is 25.5. The number of carbonyl (C=O) groups is 1. The fourth-order valence-electron chi connectivity index (χ4n) is 12.6. The number of rotatable bonds is 17. The van der Waals surface area contributed by atoms with Gasteiger partial charge in [-0.1, -0.05) is 87.6 Å². The monoisotopic (exact) mass is 1200 g/mol. The van der Waals surface area contributed by atoms with Crippen LogP contribution in [0.25, 0.3) is 16.7 Å². The van der Waals surface area contributed by atoms with Gasteiger partial charge in [0, 0.05) is 83.6 Å². The van der Waals surface area contributed by atoms with E-state index >= 15 is 0 Å². The molecule has 4 heterocycles. The summed E-state index contributed by atoms with van der Waals surface area (Å²) < 4.78 is 75.1. The van der Waals surface area contributed by atoms with Gasteiger partial charge in [-0.2, -0.15) is 9.31 Å². The number of carbonyl (C=O) groups excluding carboxylic acids is 1. The van der Waals surface area contributed by atoms with E-state index in [1.54, 1.807) is 11.5 Å². The minimum atomic E-state index is -2.68. The number of nitrogens with one attached hydrogen (secondary N) is 1. The second kappa shape index (κ2) is 30.7. The van der Waals surface area contributed by atoms with Gasteiger partial charge in [0.05, 0.1) is 34.5 Å². The number of fused-ring (bicyclic) bond motifs is 2. The molecule has 3 aliphatic carbocycles. The number of ketones is 1. The zero-order valence-electron chi connectivity index (χ0n) is 53.3. The Labute approximate surface area is 507 Å². The molecule has 1 aliphatic heterocycles. The van der Waals surface area contributed by atoms with Gasteiger partial charge in [-0.05, 0) is 183 Å². The van der Waals surface area contributed by atoms with Crippen LogP contribution in [0.5, 0.6) is 0 Å². The van der Waals surface area contributed by atoms with Crippen molar-refractivity contribution in [1.82, 2.24) is 29.2 Å². The Hall–Kier alpha value is -4.84. The molecule has 2 aromatic carbocycles. The van der Waals surface area contributed by atoms with E-state index < -0.39 is 23.5 Å². The van der Waals surface area contributed by atoms with Crippen molar-refractivity contribution in [2.24, 2.45) is 17.8 Å². The van der Waals surface area contributed by atoms with Gasteiger partial charge < -0.3 is 10.1 Å². The number of hydrogen-bond acceptors (Lipinski definition) is 10. The van der Waals surface area contributed by atoms with Crippen molar-refractivity contribution in [3.05, 3.63) is 115 Å². The number of alkyl halides is 2. The Morgan fingerprint density at radius 1 is 0.881 bits per heavy atom. The third-order valence-corrected chi connectivity index (χ3v) is 16.3. The first-order valence-corrected chi connectivity index (χ1v) is 32.6. The van der Waals surface area contributed by atoms with E-state index in [-0.39, 0.29) is 75.4 Å². The Balaban J connectivity index is 0.000000288. The lowest BCUT2D eigenvalue weighted by Crippen LogP contribution is -2.57. The van der Waals surface area contributed by atoms with Crippen LogP contribution in [0, 0.1) is 48.6 Å². The standard InChI is InChI=1S/C39H46F4N4O.C13H18N2O.C13H27NO.C2H6.OS2/c1-8-9-27-10-11-32(24(7)34(27)35(44)22(4)5)47-37(30(21(2)3)19-25-17-28(40)20-29(41)18-25)46-36-33(38(47)48)23(6)16-31(45-36)26-12-14-39(42,43)15-13-26;1-8-5-11-12(6-8)15(7-9(2)16)14-13(11)10-3-4-10;1-6-7-8-9-14-10-12(2,3)15-13(4,5)11-14;1-2;1-3-2/h10-11,16-18,20-22,26,30,44H,8-9,12-15,19H2,1-7H3;8,10H,3-7H2,1-2H3;6-11H2,1-5H3;1-2H3;. The zero-order chi connectivity index (χ0) is 62.6. The Morgan fingerprint density at radius 3 is 2.02 bits per heavy atom. The fraction of sp³-hybridized carbons (Fsp3) is 0.642. The average Bonchev–Trinajstić information content (AvgIpc) is 1.19. The third kappa shape index (κ3) is 18.6. The predicted octanol–water partition coefficient (Wildman–Crippen LogP) is 15.8. The van der Waals surface area contributed by atoms with Crippen LogP contribution in [0.1, 0.15) is 235 Å². The van der Waals surface area contributed by atoms with E-state index in [0.717, 1.165) is 61.0 Å². The van der Waals surface area contributed by atoms with Crippen molar-refractivity contribution in [3.63, 3.8) is 0 Å². The molecule has 2 saturated carbocycles. The number of ether oxygens (including phenoxy) is 1. The summed E-state index contributed by atoms with van der Waals surface area (Å²) in [6.07, 6.45) is 10.9. The van der Waals surface area contributed by atoms with Crippen LogP contribution in [0.3, 0.4) is 0 Å². The highest BCUT2D eigenvalue weighted by Crippen LogP contribution is 2.45. The summed E-state index contributed by atoms with van der Waals surface area (Å²) in [4.78, 5) is 38.5. The molecule has 2 atom stereocenters. The second-order valence-corrected chi connectivity index (χ2v) is 26.3. The number of morpholine rings is 1. The molecule has 11 nitrogen and oxygen atoms in total. The van der Waals surface area contributed by atoms with Gasteiger partial charge >= 0.3 is 0 Å². The number of aryl methyl sites for hydroxylation is 2. The minimum absolute atomic E-state index is 0.00790. The highest BCUT2D eigenvalue weighted by atomic mass is 32.8. The van der Waals surface area contributed by atoms with E-state index in [4.69, 9.17) is 24.3 Å². The number of pyridine rings is 1. The van der Waals surface area contributed by atoms with Gasteiger partial charge in [0.15, 0.2) is 21.7 Å². The molecule has 3 aromatic heterocycles. The van der Waals surface area contributed by atoms with Crippen molar-refractivity contribution in [2.75, 3.05) is 19.6 Å². The Morgan fingerprint density at radius 2 is 1.49 bits per heavy atom. The maximum Gasteiger partial charge on any atom is 0.267 e. The van der Waals surface area contributed by atoms with E-state index in [1.165, 1.54) is 74.2 Å². The van der Waals surface area contributed by atoms with Gasteiger partial charge in [0.1, 0.15) is 17.5 Å². The normalized spacial score (nSPS) is 18.3. The molecular weight excluding hydrogens is 1110 g/mol. The van der Waals surface area contributed by atoms with Crippen LogP contribution in [0.2, 0.25) is 0 Å². The summed E-state index contributed by atoms with van der Waals surface area (Å²) in [5.41, 5.74) is 9.50.